The largest absolute Gasteiger partial charge is 0.497 e. The van der Waals surface area contributed by atoms with Crippen molar-refractivity contribution in [1.82, 2.24) is 9.97 Å². The molecular formula is C23H29N5O5. The molecule has 2 aromatic rings. The van der Waals surface area contributed by atoms with Gasteiger partial charge in [0.1, 0.15) is 17.3 Å². The van der Waals surface area contributed by atoms with Gasteiger partial charge in [-0.3, -0.25) is 19.4 Å². The van der Waals surface area contributed by atoms with Crippen LogP contribution >= 0.6 is 0 Å². The van der Waals surface area contributed by atoms with Crippen LogP contribution in [0.25, 0.3) is 0 Å². The van der Waals surface area contributed by atoms with Crippen molar-refractivity contribution in [2.45, 2.75) is 32.6 Å². The zero-order valence-electron chi connectivity index (χ0n) is 19.2. The van der Waals surface area contributed by atoms with Gasteiger partial charge >= 0.3 is 0 Å². The van der Waals surface area contributed by atoms with E-state index in [-0.39, 0.29) is 23.7 Å². The normalized spacial score (nSPS) is 22.2. The fraction of sp³-hybridized carbons (Fsp3) is 0.478. The Morgan fingerprint density at radius 1 is 1.15 bits per heavy atom. The Balaban J connectivity index is 1.64. The lowest BCUT2D eigenvalue weighted by molar-refractivity contribution is -0.123. The first-order chi connectivity index (χ1) is 15.8. The molecule has 0 aliphatic carbocycles. The van der Waals surface area contributed by atoms with E-state index in [1.165, 1.54) is 14.2 Å². The number of nitrogens with zero attached hydrogens (tertiary/aromatic N) is 2. The number of carbonyl (C=O) groups excluding carboxylic acids is 2. The van der Waals surface area contributed by atoms with Crippen LogP contribution in [0.15, 0.2) is 23.0 Å². The van der Waals surface area contributed by atoms with Crippen molar-refractivity contribution in [1.29, 1.82) is 0 Å². The lowest BCUT2D eigenvalue weighted by atomic mass is 9.91. The minimum Gasteiger partial charge on any atom is -0.497 e. The van der Waals surface area contributed by atoms with E-state index in [1.807, 2.05) is 4.90 Å². The number of rotatable bonds is 5. The van der Waals surface area contributed by atoms with Crippen molar-refractivity contribution in [3.8, 4) is 11.5 Å². The summed E-state index contributed by atoms with van der Waals surface area (Å²) in [6, 6.07) is 4.96. The molecule has 2 aliphatic heterocycles. The molecule has 2 aliphatic rings. The number of piperidine rings is 1. The molecule has 2 amide bonds. The molecule has 0 unspecified atom stereocenters. The maximum Gasteiger partial charge on any atom is 0.258 e. The molecule has 0 bridgehead atoms. The predicted molar refractivity (Wildman–Crippen MR) is 124 cm³/mol. The molecule has 176 valence electrons. The fourth-order valence-electron chi connectivity index (χ4n) is 4.69. The van der Waals surface area contributed by atoms with Gasteiger partial charge in [0.15, 0.2) is 0 Å². The van der Waals surface area contributed by atoms with Gasteiger partial charge in [0.05, 0.1) is 31.4 Å². The number of nitrogens with one attached hydrogen (secondary N) is 3. The number of aromatic amines is 1. The smallest absolute Gasteiger partial charge is 0.258 e. The summed E-state index contributed by atoms with van der Waals surface area (Å²) < 4.78 is 10.5. The number of aromatic nitrogens is 2. The van der Waals surface area contributed by atoms with E-state index in [0.717, 1.165) is 19.5 Å². The highest BCUT2D eigenvalue weighted by Gasteiger charge is 2.36. The number of hydrogen-bond donors (Lipinski definition) is 3. The molecule has 3 N–H and O–H groups in total. The van der Waals surface area contributed by atoms with E-state index in [1.54, 1.807) is 18.2 Å². The summed E-state index contributed by atoms with van der Waals surface area (Å²) in [6.45, 7) is 5.85. The molecule has 0 saturated carbocycles. The number of fused-ring (bicyclic) bond motifs is 1. The van der Waals surface area contributed by atoms with E-state index < -0.39 is 17.4 Å². The second-order valence-corrected chi connectivity index (χ2v) is 8.86. The van der Waals surface area contributed by atoms with Crippen LogP contribution < -0.4 is 30.6 Å². The molecule has 10 nitrogen and oxygen atoms in total. The van der Waals surface area contributed by atoms with Gasteiger partial charge in [-0.05, 0) is 30.4 Å². The third-order valence-electron chi connectivity index (χ3n) is 6.09. The van der Waals surface area contributed by atoms with Crippen molar-refractivity contribution in [2.24, 2.45) is 11.8 Å². The van der Waals surface area contributed by atoms with Gasteiger partial charge in [-0.25, -0.2) is 0 Å². The molecule has 1 aromatic carbocycles. The molecule has 1 aromatic heterocycles. The quantitative estimate of drug-likeness (QED) is 0.632. The van der Waals surface area contributed by atoms with E-state index in [2.05, 4.69) is 34.4 Å². The summed E-state index contributed by atoms with van der Waals surface area (Å²) in [5, 5.41) is 5.44. The second kappa shape index (κ2) is 9.13. The molecule has 33 heavy (non-hydrogen) atoms. The van der Waals surface area contributed by atoms with Crippen molar-refractivity contribution in [3.63, 3.8) is 0 Å². The fourth-order valence-corrected chi connectivity index (χ4v) is 4.69. The number of methoxy groups -OCH3 is 2. The van der Waals surface area contributed by atoms with Crippen molar-refractivity contribution < 1.29 is 19.1 Å². The minimum absolute atomic E-state index is 0.137. The molecule has 3 atom stereocenters. The first-order valence-corrected chi connectivity index (χ1v) is 11.0. The third kappa shape index (κ3) is 4.64. The lowest BCUT2D eigenvalue weighted by Crippen LogP contribution is -2.42. The molecule has 4 rings (SSSR count). The molecule has 1 fully saturated rings. The predicted octanol–water partition coefficient (Wildman–Crippen LogP) is 2.33. The molecule has 3 heterocycles. The monoisotopic (exact) mass is 455 g/mol. The number of carbonyl (C=O) groups is 2. The lowest BCUT2D eigenvalue weighted by Gasteiger charge is -2.35. The average molecular weight is 456 g/mol. The Morgan fingerprint density at radius 3 is 2.55 bits per heavy atom. The van der Waals surface area contributed by atoms with Crippen LogP contribution in [0, 0.1) is 11.8 Å². The third-order valence-corrected chi connectivity index (χ3v) is 6.09. The Morgan fingerprint density at radius 2 is 1.88 bits per heavy atom. The Bertz CT molecular complexity index is 1120. The second-order valence-electron chi connectivity index (χ2n) is 8.86. The number of benzene rings is 1. The maximum atomic E-state index is 13.2. The highest BCUT2D eigenvalue weighted by molar-refractivity contribution is 6.05. The van der Waals surface area contributed by atoms with Crippen LogP contribution in [0.4, 0.5) is 17.5 Å². The van der Waals surface area contributed by atoms with Gasteiger partial charge in [0.25, 0.3) is 5.56 Å². The molecule has 10 heteroatoms. The van der Waals surface area contributed by atoms with Crippen LogP contribution in [0.5, 0.6) is 11.5 Å². The summed E-state index contributed by atoms with van der Waals surface area (Å²) in [5.41, 5.74) is 0.136. The van der Waals surface area contributed by atoms with Gasteiger partial charge in [-0.1, -0.05) is 13.8 Å². The van der Waals surface area contributed by atoms with E-state index >= 15 is 0 Å². The van der Waals surface area contributed by atoms with E-state index in [0.29, 0.717) is 35.0 Å². The highest BCUT2D eigenvalue weighted by atomic mass is 16.5. The maximum absolute atomic E-state index is 13.2. The van der Waals surface area contributed by atoms with Crippen LogP contribution in [0.1, 0.15) is 38.2 Å². The van der Waals surface area contributed by atoms with Crippen LogP contribution in [0.3, 0.4) is 0 Å². The Kier molecular flexibility index (Phi) is 6.26. The summed E-state index contributed by atoms with van der Waals surface area (Å²) >= 11 is 0. The number of hydrogen-bond acceptors (Lipinski definition) is 7. The first kappa shape index (κ1) is 22.6. The van der Waals surface area contributed by atoms with Gasteiger partial charge < -0.3 is 25.0 Å². The minimum atomic E-state index is -0.981. The average Bonchev–Trinajstić information content (AvgIpc) is 2.77. The summed E-state index contributed by atoms with van der Waals surface area (Å²) in [4.78, 5) is 48.0. The van der Waals surface area contributed by atoms with Crippen molar-refractivity contribution in [2.75, 3.05) is 42.8 Å². The first-order valence-electron chi connectivity index (χ1n) is 11.0. The molecular weight excluding hydrogens is 426 g/mol. The van der Waals surface area contributed by atoms with E-state index in [4.69, 9.17) is 9.47 Å². The number of H-pyrrole nitrogens is 1. The van der Waals surface area contributed by atoms with Gasteiger partial charge in [0, 0.05) is 25.6 Å². The SMILES string of the molecule is COc1ccc(NC(=O)[C@H]2CC(=O)Nc3nc(N4C[C@H](C)C[C@@H](C)C4)[nH]c(=O)c32)c(OC)c1. The van der Waals surface area contributed by atoms with Crippen molar-refractivity contribution in [3.05, 3.63) is 34.1 Å². The zero-order chi connectivity index (χ0) is 23.7. The van der Waals surface area contributed by atoms with E-state index in [9.17, 15) is 14.4 Å². The number of anilines is 3. The molecule has 0 spiro atoms. The summed E-state index contributed by atoms with van der Waals surface area (Å²) in [6.07, 6.45) is 0.957. The summed E-state index contributed by atoms with van der Waals surface area (Å²) in [5.74, 6) is 0.604. The Hall–Kier alpha value is -3.56. The van der Waals surface area contributed by atoms with Crippen molar-refractivity contribution >= 4 is 29.3 Å². The van der Waals surface area contributed by atoms with Gasteiger partial charge in [0.2, 0.25) is 17.8 Å². The molecule has 0 radical (unpaired) electrons. The Labute approximate surface area is 191 Å². The number of ether oxygens (including phenoxy) is 2. The highest BCUT2D eigenvalue weighted by Crippen LogP contribution is 2.34. The zero-order valence-corrected chi connectivity index (χ0v) is 19.2. The van der Waals surface area contributed by atoms with Crippen LogP contribution in [-0.4, -0.2) is 49.1 Å². The standard InChI is InChI=1S/C23H29N5O5/c1-12-7-13(2)11-28(10-12)23-26-20-19(22(31)27-23)15(9-18(29)25-20)21(30)24-16-6-5-14(32-3)8-17(16)33-4/h5-6,8,12-13,15H,7,9-11H2,1-4H3,(H,24,30)(H2,25,26,27,29,31)/t12-,13-,15+/m1/s1. The topological polar surface area (TPSA) is 126 Å². The summed E-state index contributed by atoms with van der Waals surface area (Å²) in [7, 11) is 3.01. The molecule has 1 saturated heterocycles. The van der Waals surface area contributed by atoms with Gasteiger partial charge in [-0.2, -0.15) is 4.98 Å². The van der Waals surface area contributed by atoms with Crippen LogP contribution in [-0.2, 0) is 9.59 Å². The van der Waals surface area contributed by atoms with Crippen LogP contribution in [0.2, 0.25) is 0 Å². The number of amides is 2. The van der Waals surface area contributed by atoms with Gasteiger partial charge in [-0.15, -0.1) is 0 Å².